The average molecular weight is 284 g/mol. The summed E-state index contributed by atoms with van der Waals surface area (Å²) in [4.78, 5) is 11.5. The van der Waals surface area contributed by atoms with Crippen LogP contribution in [0, 0.1) is 0 Å². The van der Waals surface area contributed by atoms with Gasteiger partial charge in [-0.25, -0.2) is 13.2 Å². The topological polar surface area (TPSA) is 75.7 Å². The molecule has 0 amide bonds. The van der Waals surface area contributed by atoms with E-state index in [4.69, 9.17) is 0 Å². The summed E-state index contributed by atoms with van der Waals surface area (Å²) in [6.45, 7) is 1.33. The minimum atomic E-state index is -3.51. The zero-order valence-corrected chi connectivity index (χ0v) is 11.6. The molecule has 0 radical (unpaired) electrons. The molecular weight excluding hydrogens is 268 g/mol. The normalized spacial score (nSPS) is 16.2. The summed E-state index contributed by atoms with van der Waals surface area (Å²) in [7, 11) is -0.660. The molecule has 1 heterocycles. The number of methoxy groups -OCH3 is 1. The fourth-order valence-corrected chi connectivity index (χ4v) is 3.13. The van der Waals surface area contributed by atoms with Gasteiger partial charge in [0.2, 0.25) is 10.0 Å². The average Bonchev–Trinajstić information content (AvgIpc) is 2.36. The van der Waals surface area contributed by atoms with E-state index in [1.165, 1.54) is 35.7 Å². The van der Waals surface area contributed by atoms with Gasteiger partial charge in [-0.15, -0.1) is 0 Å². The third-order valence-electron chi connectivity index (χ3n) is 3.23. The molecule has 0 aromatic heterocycles. The van der Waals surface area contributed by atoms with Crippen LogP contribution in [-0.4, -0.2) is 52.0 Å². The highest BCUT2D eigenvalue weighted by molar-refractivity contribution is 7.89. The third-order valence-corrected chi connectivity index (χ3v) is 5.15. The molecule has 1 aromatic rings. The second kappa shape index (κ2) is 5.28. The van der Waals surface area contributed by atoms with Crippen LogP contribution in [-0.2, 0) is 14.8 Å². The first-order valence-electron chi connectivity index (χ1n) is 5.84. The van der Waals surface area contributed by atoms with Crippen molar-refractivity contribution in [2.24, 2.45) is 0 Å². The lowest BCUT2D eigenvalue weighted by atomic mass is 10.2. The first-order valence-corrected chi connectivity index (χ1v) is 7.28. The predicted molar refractivity (Wildman–Crippen MR) is 69.4 cm³/mol. The van der Waals surface area contributed by atoms with E-state index in [1.54, 1.807) is 7.05 Å². The van der Waals surface area contributed by atoms with Crippen molar-refractivity contribution in [1.29, 1.82) is 0 Å². The van der Waals surface area contributed by atoms with Gasteiger partial charge >= 0.3 is 5.97 Å². The number of benzene rings is 1. The molecule has 0 unspecified atom stereocenters. The van der Waals surface area contributed by atoms with Crippen molar-refractivity contribution in [3.63, 3.8) is 0 Å². The number of esters is 1. The number of nitrogens with one attached hydrogen (secondary N) is 1. The Kier molecular flexibility index (Phi) is 3.88. The maximum atomic E-state index is 12.3. The highest BCUT2D eigenvalue weighted by Crippen LogP contribution is 2.19. The Hall–Kier alpha value is -1.44. The van der Waals surface area contributed by atoms with Gasteiger partial charge in [0.05, 0.1) is 17.6 Å². The molecule has 0 bridgehead atoms. The van der Waals surface area contributed by atoms with Crippen molar-refractivity contribution in [3.05, 3.63) is 29.8 Å². The van der Waals surface area contributed by atoms with E-state index >= 15 is 0 Å². The SMILES string of the molecule is COC(=O)c1ccc(S(=O)(=O)N(C)C2CNC2)cc1. The maximum Gasteiger partial charge on any atom is 0.337 e. The Bertz CT molecular complexity index is 564. The zero-order valence-electron chi connectivity index (χ0n) is 10.8. The first kappa shape index (κ1) is 14.0. The Morgan fingerprint density at radius 2 is 1.89 bits per heavy atom. The number of nitrogens with zero attached hydrogens (tertiary/aromatic N) is 1. The molecule has 0 aliphatic carbocycles. The van der Waals surface area contributed by atoms with Crippen LogP contribution < -0.4 is 5.32 Å². The number of hydrogen-bond donors (Lipinski definition) is 1. The highest BCUT2D eigenvalue weighted by atomic mass is 32.2. The largest absolute Gasteiger partial charge is 0.465 e. The molecule has 1 N–H and O–H groups in total. The molecule has 6 nitrogen and oxygen atoms in total. The van der Waals surface area contributed by atoms with E-state index in [2.05, 4.69) is 10.1 Å². The summed E-state index contributed by atoms with van der Waals surface area (Å²) < 4.78 is 30.5. The summed E-state index contributed by atoms with van der Waals surface area (Å²) in [5, 5.41) is 3.03. The number of ether oxygens (including phenoxy) is 1. The van der Waals surface area contributed by atoms with Crippen LogP contribution in [0.25, 0.3) is 0 Å². The van der Waals surface area contributed by atoms with E-state index in [1.807, 2.05) is 0 Å². The van der Waals surface area contributed by atoms with E-state index < -0.39 is 16.0 Å². The summed E-state index contributed by atoms with van der Waals surface area (Å²) in [6.07, 6.45) is 0. The molecule has 0 atom stereocenters. The van der Waals surface area contributed by atoms with Gasteiger partial charge in [-0.2, -0.15) is 4.31 Å². The number of sulfonamides is 1. The van der Waals surface area contributed by atoms with Crippen LogP contribution >= 0.6 is 0 Å². The van der Waals surface area contributed by atoms with Crippen molar-refractivity contribution in [2.75, 3.05) is 27.2 Å². The quantitative estimate of drug-likeness (QED) is 0.792. The van der Waals surface area contributed by atoms with Gasteiger partial charge in [-0.05, 0) is 24.3 Å². The van der Waals surface area contributed by atoms with Crippen molar-refractivity contribution in [2.45, 2.75) is 10.9 Å². The fourth-order valence-electron chi connectivity index (χ4n) is 1.77. The second-order valence-electron chi connectivity index (χ2n) is 4.35. The van der Waals surface area contributed by atoms with Crippen LogP contribution in [0.3, 0.4) is 0 Å². The number of likely N-dealkylation sites (N-methyl/N-ethyl adjacent to an activating group) is 1. The van der Waals surface area contributed by atoms with Gasteiger partial charge in [0.25, 0.3) is 0 Å². The number of rotatable bonds is 4. The zero-order chi connectivity index (χ0) is 14.0. The van der Waals surface area contributed by atoms with Crippen LogP contribution in [0.1, 0.15) is 10.4 Å². The summed E-state index contributed by atoms with van der Waals surface area (Å²) in [6, 6.07) is 5.73. The van der Waals surface area contributed by atoms with Gasteiger partial charge in [0, 0.05) is 26.2 Å². The first-order chi connectivity index (χ1) is 8.96. The van der Waals surface area contributed by atoms with E-state index in [0.29, 0.717) is 18.7 Å². The molecule has 104 valence electrons. The van der Waals surface area contributed by atoms with Crippen molar-refractivity contribution in [1.82, 2.24) is 9.62 Å². The Morgan fingerprint density at radius 1 is 1.32 bits per heavy atom. The van der Waals surface area contributed by atoms with Crippen LogP contribution in [0.5, 0.6) is 0 Å². The van der Waals surface area contributed by atoms with Gasteiger partial charge in [-0.1, -0.05) is 0 Å². The molecule has 1 aliphatic heterocycles. The predicted octanol–water partition coefficient (Wildman–Crippen LogP) is 0.0655. The molecular formula is C12H16N2O4S. The van der Waals surface area contributed by atoms with E-state index in [9.17, 15) is 13.2 Å². The molecule has 1 aliphatic rings. The molecule has 0 saturated carbocycles. The number of hydrogen-bond acceptors (Lipinski definition) is 5. The molecule has 7 heteroatoms. The fraction of sp³-hybridized carbons (Fsp3) is 0.417. The minimum Gasteiger partial charge on any atom is -0.465 e. The maximum absolute atomic E-state index is 12.3. The Morgan fingerprint density at radius 3 is 2.32 bits per heavy atom. The van der Waals surface area contributed by atoms with Crippen LogP contribution in [0.2, 0.25) is 0 Å². The number of carbonyl (C=O) groups excluding carboxylic acids is 1. The lowest BCUT2D eigenvalue weighted by Gasteiger charge is -2.34. The molecule has 0 spiro atoms. The molecule has 1 fully saturated rings. The third kappa shape index (κ3) is 2.63. The molecule has 1 saturated heterocycles. The Balaban J connectivity index is 2.23. The molecule has 2 rings (SSSR count). The lowest BCUT2D eigenvalue weighted by molar-refractivity contribution is 0.0600. The summed E-state index contributed by atoms with van der Waals surface area (Å²) in [5.41, 5.74) is 0.328. The van der Waals surface area contributed by atoms with Crippen molar-refractivity contribution in [3.8, 4) is 0 Å². The minimum absolute atomic E-state index is 0.00900. The van der Waals surface area contributed by atoms with Gasteiger partial charge in [-0.3, -0.25) is 0 Å². The monoisotopic (exact) mass is 284 g/mol. The van der Waals surface area contributed by atoms with E-state index in [0.717, 1.165) is 0 Å². The molecule has 19 heavy (non-hydrogen) atoms. The summed E-state index contributed by atoms with van der Waals surface area (Å²) >= 11 is 0. The standard InChI is InChI=1S/C12H16N2O4S/c1-14(10-7-13-8-10)19(16,17)11-5-3-9(4-6-11)12(15)18-2/h3-6,10,13H,7-8H2,1-2H3. The highest BCUT2D eigenvalue weighted by Gasteiger charge is 2.31. The van der Waals surface area contributed by atoms with Crippen LogP contribution in [0.15, 0.2) is 29.2 Å². The smallest absolute Gasteiger partial charge is 0.337 e. The lowest BCUT2D eigenvalue weighted by Crippen LogP contribution is -2.57. The molecule has 1 aromatic carbocycles. The van der Waals surface area contributed by atoms with Crippen molar-refractivity contribution >= 4 is 16.0 Å². The summed E-state index contributed by atoms with van der Waals surface area (Å²) in [5.74, 6) is -0.486. The van der Waals surface area contributed by atoms with E-state index in [-0.39, 0.29) is 10.9 Å². The number of carbonyl (C=O) groups is 1. The van der Waals surface area contributed by atoms with Gasteiger partial charge < -0.3 is 10.1 Å². The van der Waals surface area contributed by atoms with Gasteiger partial charge in [0.1, 0.15) is 0 Å². The van der Waals surface area contributed by atoms with Crippen molar-refractivity contribution < 1.29 is 17.9 Å². The van der Waals surface area contributed by atoms with Crippen LogP contribution in [0.4, 0.5) is 0 Å². The second-order valence-corrected chi connectivity index (χ2v) is 6.35. The van der Waals surface area contributed by atoms with Gasteiger partial charge in [0.15, 0.2) is 0 Å². The Labute approximate surface area is 112 Å².